The lowest BCUT2D eigenvalue weighted by molar-refractivity contribution is 0.633. The maximum absolute atomic E-state index is 4.25. The Bertz CT molecular complexity index is 512. The van der Waals surface area contributed by atoms with Gasteiger partial charge in [0.25, 0.3) is 0 Å². The first-order chi connectivity index (χ1) is 8.81. The Hall–Kier alpha value is -1.33. The summed E-state index contributed by atoms with van der Waals surface area (Å²) in [5.74, 6) is 0.859. The van der Waals surface area contributed by atoms with Crippen molar-refractivity contribution >= 4 is 11.8 Å². The van der Waals surface area contributed by atoms with Crippen molar-refractivity contribution in [3.8, 4) is 0 Å². The molecular weight excluding hydrogens is 244 g/mol. The van der Waals surface area contributed by atoms with Gasteiger partial charge in [0.05, 0.1) is 6.54 Å². The molecule has 1 aromatic carbocycles. The van der Waals surface area contributed by atoms with Crippen LogP contribution in [-0.2, 0) is 20.0 Å². The lowest BCUT2D eigenvalue weighted by Crippen LogP contribution is -2.24. The van der Waals surface area contributed by atoms with Gasteiger partial charge in [0.1, 0.15) is 6.33 Å². The summed E-state index contributed by atoms with van der Waals surface area (Å²) in [5.41, 5.74) is 1.48. The van der Waals surface area contributed by atoms with E-state index in [0.717, 1.165) is 25.3 Å². The number of nitrogens with one attached hydrogen (secondary N) is 1. The average molecular weight is 260 g/mol. The molecule has 2 aromatic rings. The van der Waals surface area contributed by atoms with Crippen LogP contribution < -0.4 is 5.32 Å². The van der Waals surface area contributed by atoms with Gasteiger partial charge in [-0.25, -0.2) is 4.98 Å². The molecule has 0 spiro atoms. The van der Waals surface area contributed by atoms with Gasteiger partial charge in [0.15, 0.2) is 5.82 Å². The monoisotopic (exact) mass is 260 g/mol. The molecule has 0 fully saturated rings. The number of nitrogens with zero attached hydrogens (tertiary/aromatic N) is 3. The van der Waals surface area contributed by atoms with E-state index in [9.17, 15) is 0 Å². The zero-order chi connectivity index (χ0) is 12.4. The zero-order valence-corrected chi connectivity index (χ0v) is 11.2. The number of fused-ring (bicyclic) bond motifs is 1. The number of hydrogen-bond acceptors (Lipinski definition) is 4. The molecule has 1 atom stereocenters. The second-order valence-electron chi connectivity index (χ2n) is 4.52. The van der Waals surface area contributed by atoms with E-state index in [0.29, 0.717) is 5.25 Å². The molecule has 5 heteroatoms. The van der Waals surface area contributed by atoms with Crippen LogP contribution in [0.1, 0.15) is 11.4 Å². The number of aryl methyl sites for hydroxylation is 1. The van der Waals surface area contributed by atoms with Gasteiger partial charge in [-0.1, -0.05) is 18.2 Å². The standard InChI is InChI=1S/C13H16N4S/c1-17-9-15-13(16-17)8-14-7-11-6-10-4-2-3-5-12(10)18-11/h2-5,9,11,14H,6-8H2,1H3. The molecule has 1 aliphatic rings. The first kappa shape index (κ1) is 11.7. The number of benzene rings is 1. The highest BCUT2D eigenvalue weighted by Gasteiger charge is 2.21. The van der Waals surface area contributed by atoms with Crippen molar-refractivity contribution in [2.45, 2.75) is 23.1 Å². The van der Waals surface area contributed by atoms with E-state index in [4.69, 9.17) is 0 Å². The van der Waals surface area contributed by atoms with Crippen molar-refractivity contribution in [1.82, 2.24) is 20.1 Å². The van der Waals surface area contributed by atoms with Gasteiger partial charge in [0.2, 0.25) is 0 Å². The van der Waals surface area contributed by atoms with Gasteiger partial charge in [-0.3, -0.25) is 4.68 Å². The van der Waals surface area contributed by atoms with Gasteiger partial charge in [0, 0.05) is 23.7 Å². The highest BCUT2D eigenvalue weighted by atomic mass is 32.2. The highest BCUT2D eigenvalue weighted by Crippen LogP contribution is 2.36. The summed E-state index contributed by atoms with van der Waals surface area (Å²) in [6.07, 6.45) is 2.89. The van der Waals surface area contributed by atoms with Crippen LogP contribution in [0.15, 0.2) is 35.5 Å². The van der Waals surface area contributed by atoms with Gasteiger partial charge in [-0.15, -0.1) is 11.8 Å². The van der Waals surface area contributed by atoms with Gasteiger partial charge < -0.3 is 5.32 Å². The first-order valence-electron chi connectivity index (χ1n) is 6.11. The van der Waals surface area contributed by atoms with E-state index in [1.54, 1.807) is 11.0 Å². The van der Waals surface area contributed by atoms with Crippen LogP contribution in [0.3, 0.4) is 0 Å². The van der Waals surface area contributed by atoms with Crippen LogP contribution in [0.2, 0.25) is 0 Å². The smallest absolute Gasteiger partial charge is 0.164 e. The molecule has 0 amide bonds. The number of thioether (sulfide) groups is 1. The summed E-state index contributed by atoms with van der Waals surface area (Å²) in [6, 6.07) is 8.66. The SMILES string of the molecule is Cn1cnc(CNCC2Cc3ccccc3S2)n1. The Morgan fingerprint density at radius 1 is 1.44 bits per heavy atom. The summed E-state index contributed by atoms with van der Waals surface area (Å²) in [4.78, 5) is 5.63. The van der Waals surface area contributed by atoms with E-state index >= 15 is 0 Å². The topological polar surface area (TPSA) is 42.7 Å². The number of rotatable bonds is 4. The zero-order valence-electron chi connectivity index (χ0n) is 10.3. The Morgan fingerprint density at radius 3 is 3.11 bits per heavy atom. The van der Waals surface area contributed by atoms with E-state index in [1.807, 2.05) is 18.8 Å². The summed E-state index contributed by atoms with van der Waals surface area (Å²) >= 11 is 1.97. The van der Waals surface area contributed by atoms with E-state index in [2.05, 4.69) is 39.7 Å². The third kappa shape index (κ3) is 2.57. The van der Waals surface area contributed by atoms with E-state index in [-0.39, 0.29) is 0 Å². The second kappa shape index (κ2) is 5.12. The highest BCUT2D eigenvalue weighted by molar-refractivity contribution is 8.00. The molecule has 0 saturated heterocycles. The summed E-state index contributed by atoms with van der Waals surface area (Å²) in [6.45, 7) is 1.74. The fraction of sp³-hybridized carbons (Fsp3) is 0.385. The van der Waals surface area contributed by atoms with Crippen LogP contribution in [0.4, 0.5) is 0 Å². The van der Waals surface area contributed by atoms with Gasteiger partial charge in [-0.05, 0) is 18.1 Å². The van der Waals surface area contributed by atoms with Gasteiger partial charge >= 0.3 is 0 Å². The van der Waals surface area contributed by atoms with Crippen LogP contribution >= 0.6 is 11.8 Å². The second-order valence-corrected chi connectivity index (χ2v) is 5.86. The van der Waals surface area contributed by atoms with Crippen molar-refractivity contribution in [1.29, 1.82) is 0 Å². The fourth-order valence-electron chi connectivity index (χ4n) is 2.18. The Labute approximate surface area is 111 Å². The van der Waals surface area contributed by atoms with Crippen LogP contribution in [0.5, 0.6) is 0 Å². The molecular formula is C13H16N4S. The molecule has 3 rings (SSSR count). The molecule has 1 aliphatic heterocycles. The predicted molar refractivity (Wildman–Crippen MR) is 72.5 cm³/mol. The molecule has 2 heterocycles. The summed E-state index contributed by atoms with van der Waals surface area (Å²) in [5, 5.41) is 8.31. The molecule has 18 heavy (non-hydrogen) atoms. The van der Waals surface area contributed by atoms with E-state index in [1.165, 1.54) is 10.5 Å². The van der Waals surface area contributed by atoms with Crippen molar-refractivity contribution < 1.29 is 0 Å². The Morgan fingerprint density at radius 2 is 2.33 bits per heavy atom. The molecule has 0 aliphatic carbocycles. The quantitative estimate of drug-likeness (QED) is 0.907. The summed E-state index contributed by atoms with van der Waals surface area (Å²) in [7, 11) is 1.89. The average Bonchev–Trinajstić information content (AvgIpc) is 2.95. The minimum Gasteiger partial charge on any atom is -0.309 e. The molecule has 1 unspecified atom stereocenters. The lowest BCUT2D eigenvalue weighted by Gasteiger charge is -2.08. The fourth-order valence-corrected chi connectivity index (χ4v) is 3.46. The first-order valence-corrected chi connectivity index (χ1v) is 6.99. The van der Waals surface area contributed by atoms with Crippen LogP contribution in [0, 0.1) is 0 Å². The van der Waals surface area contributed by atoms with Crippen LogP contribution in [-0.4, -0.2) is 26.6 Å². The van der Waals surface area contributed by atoms with Crippen molar-refractivity contribution in [3.63, 3.8) is 0 Å². The Balaban J connectivity index is 1.48. The largest absolute Gasteiger partial charge is 0.309 e. The molecule has 4 nitrogen and oxygen atoms in total. The lowest BCUT2D eigenvalue weighted by atomic mass is 10.1. The number of hydrogen-bond donors (Lipinski definition) is 1. The third-order valence-electron chi connectivity index (χ3n) is 3.02. The predicted octanol–water partition coefficient (Wildman–Crippen LogP) is 1.62. The molecule has 0 bridgehead atoms. The third-order valence-corrected chi connectivity index (χ3v) is 4.33. The van der Waals surface area contributed by atoms with Crippen LogP contribution in [0.25, 0.3) is 0 Å². The molecule has 94 valence electrons. The Kier molecular flexibility index (Phi) is 3.34. The minimum absolute atomic E-state index is 0.631. The molecule has 1 aromatic heterocycles. The molecule has 0 radical (unpaired) electrons. The van der Waals surface area contributed by atoms with Gasteiger partial charge in [-0.2, -0.15) is 5.10 Å². The number of aromatic nitrogens is 3. The maximum atomic E-state index is 4.25. The molecule has 1 N–H and O–H groups in total. The minimum atomic E-state index is 0.631. The van der Waals surface area contributed by atoms with Crippen molar-refractivity contribution in [2.24, 2.45) is 7.05 Å². The van der Waals surface area contributed by atoms with E-state index < -0.39 is 0 Å². The van der Waals surface area contributed by atoms with Crippen molar-refractivity contribution in [3.05, 3.63) is 42.0 Å². The molecule has 0 saturated carbocycles. The maximum Gasteiger partial charge on any atom is 0.164 e. The van der Waals surface area contributed by atoms with Crippen molar-refractivity contribution in [2.75, 3.05) is 6.54 Å². The summed E-state index contributed by atoms with van der Waals surface area (Å²) < 4.78 is 1.73. The normalized spacial score (nSPS) is 17.9.